The van der Waals surface area contributed by atoms with Gasteiger partial charge in [0.25, 0.3) is 0 Å². The number of hydrogen-bond donors (Lipinski definition) is 0. The molecule has 76 heavy (non-hydrogen) atoms. The SMILES string of the molecule is CC1(C)c2ccccc2-c2ccc(-c3nc4ccc(-n5c6ccccc6c6cc7c8c9ccccc9c(-c9ccccc9)cc8n(-c8ccccc8)c7cc65)cc4nc3-c3ccc4c(c3)C(C)(C)c3ccccc3-4)cc21. The van der Waals surface area contributed by atoms with E-state index in [-0.39, 0.29) is 10.8 Å². The van der Waals surface area contributed by atoms with Crippen LogP contribution in [-0.2, 0) is 10.8 Å². The van der Waals surface area contributed by atoms with Gasteiger partial charge >= 0.3 is 0 Å². The summed E-state index contributed by atoms with van der Waals surface area (Å²) in [4.78, 5) is 11.4. The van der Waals surface area contributed by atoms with Crippen LogP contribution in [0.25, 0.3) is 133 Å². The minimum absolute atomic E-state index is 0.160. The molecule has 0 aliphatic heterocycles. The van der Waals surface area contributed by atoms with Crippen molar-refractivity contribution >= 4 is 65.4 Å². The van der Waals surface area contributed by atoms with Crippen molar-refractivity contribution in [3.63, 3.8) is 0 Å². The van der Waals surface area contributed by atoms with Crippen LogP contribution in [0.5, 0.6) is 0 Å². The first-order valence-corrected chi connectivity index (χ1v) is 26.6. The maximum Gasteiger partial charge on any atom is 0.0973 e. The lowest BCUT2D eigenvalue weighted by atomic mass is 9.81. The fraction of sp³-hybridized carbons (Fsp3) is 0.0833. The van der Waals surface area contributed by atoms with Crippen molar-refractivity contribution in [1.29, 1.82) is 0 Å². The molecule has 0 atom stereocenters. The number of benzene rings is 11. The molecule has 0 bridgehead atoms. The molecule has 0 spiro atoms. The van der Waals surface area contributed by atoms with Gasteiger partial charge in [0.05, 0.1) is 44.5 Å². The van der Waals surface area contributed by atoms with E-state index in [1.54, 1.807) is 0 Å². The fourth-order valence-electron chi connectivity index (χ4n) is 13.6. The van der Waals surface area contributed by atoms with Gasteiger partial charge in [-0.3, -0.25) is 0 Å². The van der Waals surface area contributed by atoms with Crippen LogP contribution < -0.4 is 0 Å². The Morgan fingerprint density at radius 1 is 0.289 bits per heavy atom. The molecule has 0 amide bonds. The van der Waals surface area contributed by atoms with Crippen molar-refractivity contribution in [2.75, 3.05) is 0 Å². The van der Waals surface area contributed by atoms with E-state index >= 15 is 0 Å². The summed E-state index contributed by atoms with van der Waals surface area (Å²) >= 11 is 0. The topological polar surface area (TPSA) is 35.6 Å². The Kier molecular flexibility index (Phi) is 8.83. The number of nitrogens with zero attached hydrogens (tertiary/aromatic N) is 4. The lowest BCUT2D eigenvalue weighted by molar-refractivity contribution is 0.660. The first-order valence-electron chi connectivity index (χ1n) is 26.6. The van der Waals surface area contributed by atoms with E-state index in [9.17, 15) is 0 Å². The lowest BCUT2D eigenvalue weighted by Gasteiger charge is -2.23. The maximum atomic E-state index is 5.76. The molecule has 4 heteroatoms. The molecule has 2 aliphatic rings. The van der Waals surface area contributed by atoms with E-state index in [1.165, 1.54) is 93.5 Å². The molecule has 16 rings (SSSR count). The summed E-state index contributed by atoms with van der Waals surface area (Å²) in [6.45, 7) is 9.40. The van der Waals surface area contributed by atoms with Crippen LogP contribution in [0.3, 0.4) is 0 Å². The summed E-state index contributed by atoms with van der Waals surface area (Å²) in [6.07, 6.45) is 0. The third kappa shape index (κ3) is 5.95. The fourth-order valence-corrected chi connectivity index (χ4v) is 13.6. The Morgan fingerprint density at radius 2 is 0.816 bits per heavy atom. The van der Waals surface area contributed by atoms with Crippen LogP contribution in [-0.4, -0.2) is 19.1 Å². The number of para-hydroxylation sites is 2. The molecule has 11 aromatic carbocycles. The van der Waals surface area contributed by atoms with Crippen molar-refractivity contribution in [3.8, 4) is 67.3 Å². The summed E-state index contributed by atoms with van der Waals surface area (Å²) in [5, 5.41) is 7.39. The second-order valence-electron chi connectivity index (χ2n) is 22.1. The van der Waals surface area contributed by atoms with Crippen molar-refractivity contribution in [1.82, 2.24) is 19.1 Å². The Morgan fingerprint density at radius 3 is 1.49 bits per heavy atom. The van der Waals surface area contributed by atoms with E-state index in [0.29, 0.717) is 0 Å². The highest BCUT2D eigenvalue weighted by atomic mass is 15.0. The van der Waals surface area contributed by atoms with Crippen molar-refractivity contribution < 1.29 is 0 Å². The van der Waals surface area contributed by atoms with Gasteiger partial charge < -0.3 is 9.13 Å². The first kappa shape index (κ1) is 43.1. The highest BCUT2D eigenvalue weighted by molar-refractivity contribution is 6.27. The monoisotopic (exact) mass is 970 g/mol. The molecule has 0 fully saturated rings. The maximum absolute atomic E-state index is 5.76. The Balaban J connectivity index is 0.941. The zero-order valence-electron chi connectivity index (χ0n) is 42.7. The van der Waals surface area contributed by atoms with Gasteiger partial charge in [0.1, 0.15) is 0 Å². The molecule has 3 aromatic heterocycles. The average molecular weight is 971 g/mol. The molecule has 0 radical (unpaired) electrons. The molecule has 2 aliphatic carbocycles. The van der Waals surface area contributed by atoms with Crippen LogP contribution >= 0.6 is 0 Å². The van der Waals surface area contributed by atoms with Gasteiger partial charge in [0.2, 0.25) is 0 Å². The van der Waals surface area contributed by atoms with Gasteiger partial charge in [0.15, 0.2) is 0 Å². The molecule has 14 aromatic rings. The van der Waals surface area contributed by atoms with Crippen LogP contribution in [0.1, 0.15) is 49.9 Å². The quantitative estimate of drug-likeness (QED) is 0.172. The molecule has 0 unspecified atom stereocenters. The smallest absolute Gasteiger partial charge is 0.0973 e. The Hall–Kier alpha value is -9.38. The molecular weight excluding hydrogens is 921 g/mol. The number of rotatable bonds is 5. The van der Waals surface area contributed by atoms with Gasteiger partial charge in [-0.1, -0.05) is 191 Å². The molecule has 0 saturated carbocycles. The third-order valence-electron chi connectivity index (χ3n) is 17.3. The van der Waals surface area contributed by atoms with Crippen molar-refractivity contribution in [2.45, 2.75) is 38.5 Å². The second-order valence-corrected chi connectivity index (χ2v) is 22.1. The Labute approximate surface area is 440 Å². The van der Waals surface area contributed by atoms with Crippen LogP contribution in [0.2, 0.25) is 0 Å². The van der Waals surface area contributed by atoms with E-state index < -0.39 is 0 Å². The van der Waals surface area contributed by atoms with E-state index in [0.717, 1.165) is 61.5 Å². The Bertz CT molecular complexity index is 4800. The molecule has 4 nitrogen and oxygen atoms in total. The summed E-state index contributed by atoms with van der Waals surface area (Å²) < 4.78 is 4.91. The van der Waals surface area contributed by atoms with Gasteiger partial charge in [0, 0.05) is 54.9 Å². The summed E-state index contributed by atoms with van der Waals surface area (Å²) in [7, 11) is 0. The van der Waals surface area contributed by atoms with Crippen LogP contribution in [0, 0.1) is 0 Å². The van der Waals surface area contributed by atoms with Crippen molar-refractivity contribution in [3.05, 3.63) is 253 Å². The largest absolute Gasteiger partial charge is 0.309 e. The zero-order valence-corrected chi connectivity index (χ0v) is 42.7. The molecular formula is C72H50N4. The van der Waals surface area contributed by atoms with Crippen LogP contribution in [0.15, 0.2) is 231 Å². The summed E-state index contributed by atoms with van der Waals surface area (Å²) in [5.41, 5.74) is 25.0. The highest BCUT2D eigenvalue weighted by Gasteiger charge is 2.37. The number of fused-ring (bicyclic) bond motifs is 15. The molecule has 0 N–H and O–H groups in total. The van der Waals surface area contributed by atoms with Crippen molar-refractivity contribution in [2.24, 2.45) is 0 Å². The second kappa shape index (κ2) is 15.6. The first-order chi connectivity index (χ1) is 37.2. The standard InChI is InChI=1S/C72H50N4/c1-71(2)58-28-16-13-24-49(58)51-34-31-44(37-60(51)71)69-70(45-32-35-52-50-25-14-17-29-59(50)72(3,4)61(52)38-45)74-63-39-47(33-36-62(63)73-69)76-64-30-18-15-26-53(64)56-40-57-66(42-65(56)76)75(46-21-9-6-10-22-46)67-41-55(43-19-7-5-8-20-43)48-23-11-12-27-54(48)68(57)67/h5-42H,1-4H3. The highest BCUT2D eigenvalue weighted by Crippen LogP contribution is 2.52. The summed E-state index contributed by atoms with van der Waals surface area (Å²) in [6, 6.07) is 85.1. The lowest BCUT2D eigenvalue weighted by Crippen LogP contribution is -2.15. The van der Waals surface area contributed by atoms with Gasteiger partial charge in [-0.2, -0.15) is 0 Å². The predicted molar refractivity (Wildman–Crippen MR) is 317 cm³/mol. The van der Waals surface area contributed by atoms with Gasteiger partial charge in [-0.25, -0.2) is 9.97 Å². The number of aromatic nitrogens is 4. The molecule has 358 valence electrons. The normalized spacial score (nSPS) is 14.0. The third-order valence-corrected chi connectivity index (χ3v) is 17.3. The van der Waals surface area contributed by atoms with E-state index in [1.807, 2.05) is 0 Å². The minimum atomic E-state index is -0.172. The zero-order chi connectivity index (χ0) is 50.6. The molecule has 3 heterocycles. The molecule has 0 saturated heterocycles. The number of hydrogen-bond acceptors (Lipinski definition) is 2. The van der Waals surface area contributed by atoms with E-state index in [4.69, 9.17) is 9.97 Å². The van der Waals surface area contributed by atoms with E-state index in [2.05, 4.69) is 267 Å². The van der Waals surface area contributed by atoms with Gasteiger partial charge in [-0.05, 0) is 133 Å². The minimum Gasteiger partial charge on any atom is -0.309 e. The van der Waals surface area contributed by atoms with Gasteiger partial charge in [-0.15, -0.1) is 0 Å². The predicted octanol–water partition coefficient (Wildman–Crippen LogP) is 18.6. The summed E-state index contributed by atoms with van der Waals surface area (Å²) in [5.74, 6) is 0. The average Bonchev–Trinajstić information content (AvgIpc) is 4.14. The van der Waals surface area contributed by atoms with Crippen LogP contribution in [0.4, 0.5) is 0 Å².